The number of aromatic nitrogens is 2. The minimum Gasteiger partial charge on any atom is -0.322 e. The fraction of sp³-hybridized carbons (Fsp3) is 0. The highest BCUT2D eigenvalue weighted by Crippen LogP contribution is 2.16. The van der Waals surface area contributed by atoms with Gasteiger partial charge in [-0.15, -0.1) is 0 Å². The Balaban J connectivity index is 1.69. The Morgan fingerprint density at radius 1 is 0.913 bits per heavy atom. The third-order valence-corrected chi connectivity index (χ3v) is 3.07. The number of halogens is 1. The molecule has 3 rings (SSSR count). The van der Waals surface area contributed by atoms with Gasteiger partial charge in [-0.1, -0.05) is 30.3 Å². The van der Waals surface area contributed by atoms with Gasteiger partial charge in [0.15, 0.2) is 0 Å². The van der Waals surface area contributed by atoms with Crippen molar-refractivity contribution in [3.8, 4) is 0 Å². The van der Waals surface area contributed by atoms with Crippen molar-refractivity contribution in [2.24, 2.45) is 0 Å². The topological polar surface area (TPSA) is 66.9 Å². The predicted molar refractivity (Wildman–Crippen MR) is 86.1 cm³/mol. The lowest BCUT2D eigenvalue weighted by Gasteiger charge is -2.07. The smallest absolute Gasteiger partial charge is 0.258 e. The molecule has 0 radical (unpaired) electrons. The molecule has 5 nitrogen and oxygen atoms in total. The summed E-state index contributed by atoms with van der Waals surface area (Å²) in [6.07, 6.45) is 2.77. The van der Waals surface area contributed by atoms with E-state index in [1.807, 2.05) is 18.2 Å². The fourth-order valence-electron chi connectivity index (χ4n) is 1.92. The highest BCUT2D eigenvalue weighted by molar-refractivity contribution is 6.03. The summed E-state index contributed by atoms with van der Waals surface area (Å²) in [4.78, 5) is 20.1. The molecule has 114 valence electrons. The highest BCUT2D eigenvalue weighted by Gasteiger charge is 2.08. The molecule has 0 atom stereocenters. The van der Waals surface area contributed by atoms with E-state index >= 15 is 0 Å². The molecular weight excluding hydrogens is 295 g/mol. The second-order valence-corrected chi connectivity index (χ2v) is 4.72. The maximum absolute atomic E-state index is 13.5. The van der Waals surface area contributed by atoms with Gasteiger partial charge in [0.05, 0.1) is 11.3 Å². The Kier molecular flexibility index (Phi) is 4.24. The summed E-state index contributed by atoms with van der Waals surface area (Å²) in [5, 5.41) is 5.50. The summed E-state index contributed by atoms with van der Waals surface area (Å²) in [7, 11) is 0. The minimum atomic E-state index is -0.401. The molecule has 0 unspecified atom stereocenters. The SMILES string of the molecule is O=C(Nc1ccccc1)c1cnc(Nc2ccccc2F)nc1. The van der Waals surface area contributed by atoms with Crippen LogP contribution in [0.5, 0.6) is 0 Å². The number of hydrogen-bond acceptors (Lipinski definition) is 4. The van der Waals surface area contributed by atoms with E-state index in [0.29, 0.717) is 11.3 Å². The first-order valence-electron chi connectivity index (χ1n) is 6.92. The molecule has 0 saturated heterocycles. The number of carbonyl (C=O) groups excluding carboxylic acids is 1. The molecule has 1 amide bonds. The minimum absolute atomic E-state index is 0.214. The van der Waals surface area contributed by atoms with E-state index in [-0.39, 0.29) is 17.5 Å². The molecule has 0 aliphatic heterocycles. The largest absolute Gasteiger partial charge is 0.322 e. The zero-order valence-corrected chi connectivity index (χ0v) is 12.0. The van der Waals surface area contributed by atoms with Gasteiger partial charge in [-0.05, 0) is 24.3 Å². The summed E-state index contributed by atoms with van der Waals surface area (Å²) >= 11 is 0. The first-order valence-corrected chi connectivity index (χ1v) is 6.92. The number of nitrogens with one attached hydrogen (secondary N) is 2. The summed E-state index contributed by atoms with van der Waals surface area (Å²) in [6.45, 7) is 0. The zero-order valence-electron chi connectivity index (χ0n) is 12.0. The molecule has 0 bridgehead atoms. The van der Waals surface area contributed by atoms with Crippen molar-refractivity contribution >= 4 is 23.2 Å². The first-order chi connectivity index (χ1) is 11.2. The quantitative estimate of drug-likeness (QED) is 0.772. The van der Waals surface area contributed by atoms with Crippen LogP contribution in [0, 0.1) is 5.82 Å². The molecule has 2 aromatic carbocycles. The van der Waals surface area contributed by atoms with Crippen molar-refractivity contribution in [3.05, 3.63) is 78.4 Å². The van der Waals surface area contributed by atoms with Crippen molar-refractivity contribution in [2.45, 2.75) is 0 Å². The number of rotatable bonds is 4. The molecule has 0 aliphatic rings. The van der Waals surface area contributed by atoms with Gasteiger partial charge in [0, 0.05) is 18.1 Å². The molecule has 23 heavy (non-hydrogen) atoms. The van der Waals surface area contributed by atoms with Crippen LogP contribution in [0.4, 0.5) is 21.7 Å². The standard InChI is InChI=1S/C17H13FN4O/c18-14-8-4-5-9-15(14)22-17-19-10-12(11-20-17)16(23)21-13-6-2-1-3-7-13/h1-11H,(H,21,23)(H,19,20,22). The van der Waals surface area contributed by atoms with Crippen LogP contribution in [0.25, 0.3) is 0 Å². The van der Waals surface area contributed by atoms with Crippen molar-refractivity contribution in [1.82, 2.24) is 9.97 Å². The van der Waals surface area contributed by atoms with Crippen LogP contribution >= 0.6 is 0 Å². The lowest BCUT2D eigenvalue weighted by molar-refractivity contribution is 0.102. The lowest BCUT2D eigenvalue weighted by atomic mass is 10.3. The second kappa shape index (κ2) is 6.65. The lowest BCUT2D eigenvalue weighted by Crippen LogP contribution is -2.13. The van der Waals surface area contributed by atoms with Crippen LogP contribution in [0.15, 0.2) is 67.0 Å². The number of para-hydroxylation sites is 2. The fourth-order valence-corrected chi connectivity index (χ4v) is 1.92. The molecule has 1 aromatic heterocycles. The number of nitrogens with zero attached hydrogens (tertiary/aromatic N) is 2. The van der Waals surface area contributed by atoms with Gasteiger partial charge in [-0.25, -0.2) is 14.4 Å². The molecule has 0 spiro atoms. The maximum Gasteiger partial charge on any atom is 0.258 e. The van der Waals surface area contributed by atoms with E-state index in [1.165, 1.54) is 18.5 Å². The van der Waals surface area contributed by atoms with E-state index < -0.39 is 5.82 Å². The van der Waals surface area contributed by atoms with E-state index in [9.17, 15) is 9.18 Å². The Hall–Kier alpha value is -3.28. The predicted octanol–water partition coefficient (Wildman–Crippen LogP) is 3.61. The van der Waals surface area contributed by atoms with E-state index in [4.69, 9.17) is 0 Å². The number of hydrogen-bond donors (Lipinski definition) is 2. The third-order valence-electron chi connectivity index (χ3n) is 3.07. The third kappa shape index (κ3) is 3.68. The first kappa shape index (κ1) is 14.6. The van der Waals surface area contributed by atoms with E-state index in [2.05, 4.69) is 20.6 Å². The van der Waals surface area contributed by atoms with Crippen LogP contribution in [0.2, 0.25) is 0 Å². The van der Waals surface area contributed by atoms with Gasteiger partial charge >= 0.3 is 0 Å². The van der Waals surface area contributed by atoms with Gasteiger partial charge in [0.25, 0.3) is 5.91 Å². The summed E-state index contributed by atoms with van der Waals surface area (Å²) < 4.78 is 13.5. The maximum atomic E-state index is 13.5. The average Bonchev–Trinajstić information content (AvgIpc) is 2.58. The number of carbonyl (C=O) groups is 1. The Labute approximate surface area is 132 Å². The van der Waals surface area contributed by atoms with E-state index in [0.717, 1.165) is 0 Å². The Bertz CT molecular complexity index is 806. The van der Waals surface area contributed by atoms with Crippen LogP contribution in [0.3, 0.4) is 0 Å². The number of benzene rings is 2. The van der Waals surface area contributed by atoms with Crippen molar-refractivity contribution < 1.29 is 9.18 Å². The Morgan fingerprint density at radius 3 is 2.26 bits per heavy atom. The van der Waals surface area contributed by atoms with Crippen LogP contribution in [0.1, 0.15) is 10.4 Å². The van der Waals surface area contributed by atoms with Crippen molar-refractivity contribution in [3.63, 3.8) is 0 Å². The van der Waals surface area contributed by atoms with Gasteiger partial charge in [-0.3, -0.25) is 4.79 Å². The molecule has 3 aromatic rings. The molecule has 2 N–H and O–H groups in total. The van der Waals surface area contributed by atoms with E-state index in [1.54, 1.807) is 30.3 Å². The second-order valence-electron chi connectivity index (χ2n) is 4.72. The molecular formula is C17H13FN4O. The summed E-state index contributed by atoms with van der Waals surface area (Å²) in [5.41, 5.74) is 1.27. The zero-order chi connectivity index (χ0) is 16.1. The van der Waals surface area contributed by atoms with Crippen LogP contribution < -0.4 is 10.6 Å². The van der Waals surface area contributed by atoms with Gasteiger partial charge in [-0.2, -0.15) is 0 Å². The van der Waals surface area contributed by atoms with Crippen LogP contribution in [-0.4, -0.2) is 15.9 Å². The van der Waals surface area contributed by atoms with Crippen molar-refractivity contribution in [1.29, 1.82) is 0 Å². The van der Waals surface area contributed by atoms with Gasteiger partial charge in [0.2, 0.25) is 5.95 Å². The van der Waals surface area contributed by atoms with Crippen LogP contribution in [-0.2, 0) is 0 Å². The highest BCUT2D eigenvalue weighted by atomic mass is 19.1. The summed E-state index contributed by atoms with van der Waals surface area (Å²) in [6, 6.07) is 15.3. The normalized spacial score (nSPS) is 10.1. The molecule has 6 heteroatoms. The monoisotopic (exact) mass is 308 g/mol. The Morgan fingerprint density at radius 2 is 1.57 bits per heavy atom. The summed E-state index contributed by atoms with van der Waals surface area (Å²) in [5.74, 6) is -0.498. The molecule has 0 fully saturated rings. The van der Waals surface area contributed by atoms with Gasteiger partial charge < -0.3 is 10.6 Å². The molecule has 1 heterocycles. The van der Waals surface area contributed by atoms with Gasteiger partial charge in [0.1, 0.15) is 5.82 Å². The molecule has 0 saturated carbocycles. The molecule has 0 aliphatic carbocycles. The number of anilines is 3. The van der Waals surface area contributed by atoms with Crippen molar-refractivity contribution in [2.75, 3.05) is 10.6 Å². The number of amides is 1. The average molecular weight is 308 g/mol.